The smallest absolute Gasteiger partial charge is 0.224 e. The SMILES string of the molecule is O=C(CCn1cnc2ccccc21)N1CCCN([C@H]2COC[C@@H]2O)CC1. The number of imidazole rings is 1. The van der Waals surface area contributed by atoms with Gasteiger partial charge in [-0.1, -0.05) is 12.1 Å². The van der Waals surface area contributed by atoms with Crippen molar-refractivity contribution in [2.75, 3.05) is 39.4 Å². The van der Waals surface area contributed by atoms with Crippen LogP contribution >= 0.6 is 0 Å². The molecule has 2 fully saturated rings. The zero-order valence-corrected chi connectivity index (χ0v) is 15.0. The first-order chi connectivity index (χ1) is 12.7. The molecule has 3 heterocycles. The first kappa shape index (κ1) is 17.5. The van der Waals surface area contributed by atoms with Gasteiger partial charge in [-0.15, -0.1) is 0 Å². The summed E-state index contributed by atoms with van der Waals surface area (Å²) in [6.45, 7) is 4.85. The van der Waals surface area contributed by atoms with Gasteiger partial charge in [-0.3, -0.25) is 9.69 Å². The fourth-order valence-electron chi connectivity index (χ4n) is 3.96. The van der Waals surface area contributed by atoms with Gasteiger partial charge in [0.15, 0.2) is 0 Å². The van der Waals surface area contributed by atoms with Crippen molar-refractivity contribution in [2.45, 2.75) is 31.5 Å². The summed E-state index contributed by atoms with van der Waals surface area (Å²) in [7, 11) is 0. The maximum absolute atomic E-state index is 12.7. The van der Waals surface area contributed by atoms with Crippen molar-refractivity contribution in [1.82, 2.24) is 19.4 Å². The Bertz CT molecular complexity index is 762. The van der Waals surface area contributed by atoms with Crippen molar-refractivity contribution in [3.05, 3.63) is 30.6 Å². The van der Waals surface area contributed by atoms with E-state index in [1.807, 2.05) is 40.1 Å². The van der Waals surface area contributed by atoms with Crippen LogP contribution < -0.4 is 0 Å². The lowest BCUT2D eigenvalue weighted by Gasteiger charge is -2.28. The van der Waals surface area contributed by atoms with Crippen LogP contribution in [0.3, 0.4) is 0 Å². The average molecular weight is 358 g/mol. The van der Waals surface area contributed by atoms with Gasteiger partial charge in [0, 0.05) is 39.1 Å². The molecule has 0 aliphatic carbocycles. The minimum atomic E-state index is -0.410. The molecule has 0 bridgehead atoms. The summed E-state index contributed by atoms with van der Waals surface area (Å²) in [6, 6.07) is 8.05. The van der Waals surface area contributed by atoms with Crippen molar-refractivity contribution >= 4 is 16.9 Å². The summed E-state index contributed by atoms with van der Waals surface area (Å²) in [5.41, 5.74) is 2.03. The van der Waals surface area contributed by atoms with Gasteiger partial charge in [-0.25, -0.2) is 4.98 Å². The maximum Gasteiger partial charge on any atom is 0.224 e. The van der Waals surface area contributed by atoms with Crippen LogP contribution in [-0.2, 0) is 16.1 Å². The van der Waals surface area contributed by atoms with E-state index in [0.29, 0.717) is 32.7 Å². The number of nitrogens with zero attached hydrogens (tertiary/aromatic N) is 4. The molecule has 26 heavy (non-hydrogen) atoms. The molecule has 1 aromatic heterocycles. The van der Waals surface area contributed by atoms with Crippen molar-refractivity contribution in [1.29, 1.82) is 0 Å². The lowest BCUT2D eigenvalue weighted by atomic mass is 10.2. The molecule has 2 aliphatic heterocycles. The Morgan fingerprint density at radius 2 is 2.08 bits per heavy atom. The van der Waals surface area contributed by atoms with E-state index in [1.165, 1.54) is 0 Å². The van der Waals surface area contributed by atoms with Gasteiger partial charge in [0.1, 0.15) is 0 Å². The normalized spacial score (nSPS) is 24.9. The third kappa shape index (κ3) is 3.60. The fraction of sp³-hybridized carbons (Fsp3) is 0.579. The summed E-state index contributed by atoms with van der Waals surface area (Å²) in [5.74, 6) is 0.188. The highest BCUT2D eigenvalue weighted by Crippen LogP contribution is 2.17. The largest absolute Gasteiger partial charge is 0.389 e. The van der Waals surface area contributed by atoms with Gasteiger partial charge in [0.25, 0.3) is 0 Å². The Balaban J connectivity index is 1.32. The molecule has 4 rings (SSSR count). The van der Waals surface area contributed by atoms with Gasteiger partial charge < -0.3 is 19.3 Å². The van der Waals surface area contributed by atoms with E-state index in [2.05, 4.69) is 9.88 Å². The molecule has 1 N–H and O–H groups in total. The topological polar surface area (TPSA) is 70.8 Å². The number of carbonyl (C=O) groups excluding carboxylic acids is 1. The third-order valence-electron chi connectivity index (χ3n) is 5.47. The third-order valence-corrected chi connectivity index (χ3v) is 5.47. The fourth-order valence-corrected chi connectivity index (χ4v) is 3.96. The van der Waals surface area contributed by atoms with Crippen LogP contribution in [0.2, 0.25) is 0 Å². The van der Waals surface area contributed by atoms with Gasteiger partial charge >= 0.3 is 0 Å². The van der Waals surface area contributed by atoms with Crippen LogP contribution in [0.25, 0.3) is 11.0 Å². The van der Waals surface area contributed by atoms with Crippen molar-refractivity contribution in [3.63, 3.8) is 0 Å². The Labute approximate surface area is 153 Å². The summed E-state index contributed by atoms with van der Waals surface area (Å²) < 4.78 is 7.42. The van der Waals surface area contributed by atoms with Gasteiger partial charge in [-0.05, 0) is 18.6 Å². The molecule has 2 atom stereocenters. The first-order valence-corrected chi connectivity index (χ1v) is 9.40. The van der Waals surface area contributed by atoms with E-state index in [4.69, 9.17) is 4.74 Å². The van der Waals surface area contributed by atoms with Crippen molar-refractivity contribution in [3.8, 4) is 0 Å². The van der Waals surface area contributed by atoms with Crippen molar-refractivity contribution in [2.24, 2.45) is 0 Å². The highest BCUT2D eigenvalue weighted by atomic mass is 16.5. The van der Waals surface area contributed by atoms with Crippen molar-refractivity contribution < 1.29 is 14.6 Å². The average Bonchev–Trinajstić information content (AvgIpc) is 3.18. The van der Waals surface area contributed by atoms with Crippen LogP contribution in [0.4, 0.5) is 0 Å². The van der Waals surface area contributed by atoms with Crippen LogP contribution in [-0.4, -0.2) is 81.9 Å². The maximum atomic E-state index is 12.7. The molecule has 2 aliphatic rings. The molecule has 0 saturated carbocycles. The molecule has 2 aromatic rings. The molecule has 0 radical (unpaired) electrons. The zero-order valence-electron chi connectivity index (χ0n) is 15.0. The standard InChI is InChI=1S/C19H26N4O3/c24-18-13-26-12-17(18)21-7-3-8-22(11-10-21)19(25)6-9-23-14-20-15-4-1-2-5-16(15)23/h1-2,4-5,14,17-18,24H,3,6-13H2/t17-,18-/m0/s1. The minimum Gasteiger partial charge on any atom is -0.389 e. The number of aliphatic hydroxyl groups is 1. The number of aliphatic hydroxyl groups excluding tert-OH is 1. The number of hydrogen-bond acceptors (Lipinski definition) is 5. The highest BCUT2D eigenvalue weighted by molar-refractivity contribution is 5.77. The number of para-hydroxylation sites is 2. The summed E-state index contributed by atoms with van der Waals surface area (Å²) in [6.07, 6.45) is 2.81. The van der Waals surface area contributed by atoms with Crippen LogP contribution in [0.1, 0.15) is 12.8 Å². The molecule has 0 spiro atoms. The van der Waals surface area contributed by atoms with Gasteiger partial charge in [0.05, 0.1) is 42.7 Å². The number of amides is 1. The molecule has 7 heteroatoms. The quantitative estimate of drug-likeness (QED) is 0.872. The molecule has 140 valence electrons. The highest BCUT2D eigenvalue weighted by Gasteiger charge is 2.33. The number of rotatable bonds is 4. The molecular formula is C19H26N4O3. The van der Waals surface area contributed by atoms with Crippen LogP contribution in [0.15, 0.2) is 30.6 Å². The van der Waals surface area contributed by atoms with Crippen LogP contribution in [0, 0.1) is 0 Å². The Morgan fingerprint density at radius 3 is 2.92 bits per heavy atom. The number of aryl methyl sites for hydroxylation is 1. The number of fused-ring (bicyclic) bond motifs is 1. The van der Waals surface area contributed by atoms with E-state index in [9.17, 15) is 9.90 Å². The predicted molar refractivity (Wildman–Crippen MR) is 97.7 cm³/mol. The Morgan fingerprint density at radius 1 is 1.19 bits per heavy atom. The van der Waals surface area contributed by atoms with Gasteiger partial charge in [0.2, 0.25) is 5.91 Å². The Kier molecular flexibility index (Phi) is 5.19. The number of hydrogen-bond donors (Lipinski definition) is 1. The number of aromatic nitrogens is 2. The summed E-state index contributed by atoms with van der Waals surface area (Å²) in [4.78, 5) is 21.3. The molecular weight excluding hydrogens is 332 g/mol. The molecule has 1 amide bonds. The molecule has 1 aromatic carbocycles. The van der Waals surface area contributed by atoms with E-state index in [0.717, 1.165) is 37.1 Å². The molecule has 7 nitrogen and oxygen atoms in total. The number of carbonyl (C=O) groups is 1. The number of benzene rings is 1. The van der Waals surface area contributed by atoms with Gasteiger partial charge in [-0.2, -0.15) is 0 Å². The van der Waals surface area contributed by atoms with E-state index in [1.54, 1.807) is 0 Å². The monoisotopic (exact) mass is 358 g/mol. The zero-order chi connectivity index (χ0) is 17.9. The van der Waals surface area contributed by atoms with Crippen LogP contribution in [0.5, 0.6) is 0 Å². The lowest BCUT2D eigenvalue weighted by Crippen LogP contribution is -2.45. The Hall–Kier alpha value is -1.96. The molecule has 2 saturated heterocycles. The minimum absolute atomic E-state index is 0.0716. The summed E-state index contributed by atoms with van der Waals surface area (Å²) in [5, 5.41) is 10.0. The second-order valence-corrected chi connectivity index (χ2v) is 7.12. The lowest BCUT2D eigenvalue weighted by molar-refractivity contribution is -0.131. The second kappa shape index (κ2) is 7.73. The van der Waals surface area contributed by atoms with E-state index >= 15 is 0 Å². The predicted octanol–water partition coefficient (Wildman–Crippen LogP) is 0.720. The summed E-state index contributed by atoms with van der Waals surface area (Å²) >= 11 is 0. The van der Waals surface area contributed by atoms with E-state index < -0.39 is 6.10 Å². The first-order valence-electron chi connectivity index (χ1n) is 9.40. The molecule has 0 unspecified atom stereocenters. The second-order valence-electron chi connectivity index (χ2n) is 7.12. The number of ether oxygens (including phenoxy) is 1. The van der Waals surface area contributed by atoms with E-state index in [-0.39, 0.29) is 11.9 Å².